The van der Waals surface area contributed by atoms with E-state index in [1.54, 1.807) is 12.1 Å². The number of nitrogens with one attached hydrogen (secondary N) is 2. The number of aryl methyl sites for hydroxylation is 1. The molecule has 1 aliphatic heterocycles. The molecule has 140 valence electrons. The molecule has 0 bridgehead atoms. The SMILES string of the molecule is Cc1ccc([C@@H](C[NH+]2CCOCC2)NS(=O)(=O)c2ccc(Cl)cc2)cc1. The van der Waals surface area contributed by atoms with Crippen LogP contribution in [0.2, 0.25) is 5.02 Å². The molecule has 0 spiro atoms. The molecular weight excluding hydrogens is 372 g/mol. The van der Waals surface area contributed by atoms with Gasteiger partial charge >= 0.3 is 0 Å². The summed E-state index contributed by atoms with van der Waals surface area (Å²) in [5.41, 5.74) is 2.11. The van der Waals surface area contributed by atoms with Crippen LogP contribution in [0.15, 0.2) is 53.4 Å². The van der Waals surface area contributed by atoms with Crippen LogP contribution in [-0.2, 0) is 14.8 Å². The van der Waals surface area contributed by atoms with E-state index in [1.807, 2.05) is 31.2 Å². The fourth-order valence-corrected chi connectivity index (χ4v) is 4.40. The van der Waals surface area contributed by atoms with Crippen LogP contribution in [0.25, 0.3) is 0 Å². The van der Waals surface area contributed by atoms with E-state index in [-0.39, 0.29) is 10.9 Å². The molecule has 2 N–H and O–H groups in total. The summed E-state index contributed by atoms with van der Waals surface area (Å²) in [5, 5.41) is 0.511. The highest BCUT2D eigenvalue weighted by Gasteiger charge is 2.26. The predicted octanol–water partition coefficient (Wildman–Crippen LogP) is 1.58. The lowest BCUT2D eigenvalue weighted by Crippen LogP contribution is -3.14. The van der Waals surface area contributed by atoms with Crippen molar-refractivity contribution in [2.75, 3.05) is 32.8 Å². The molecule has 0 amide bonds. The van der Waals surface area contributed by atoms with Crippen LogP contribution >= 0.6 is 11.6 Å². The number of benzene rings is 2. The molecule has 2 aromatic carbocycles. The van der Waals surface area contributed by atoms with Gasteiger partial charge in [0.15, 0.2) is 0 Å². The monoisotopic (exact) mass is 395 g/mol. The molecule has 1 heterocycles. The van der Waals surface area contributed by atoms with Gasteiger partial charge in [-0.05, 0) is 36.8 Å². The first-order chi connectivity index (χ1) is 12.4. The third kappa shape index (κ3) is 5.05. The van der Waals surface area contributed by atoms with E-state index >= 15 is 0 Å². The van der Waals surface area contributed by atoms with Gasteiger partial charge in [0.25, 0.3) is 0 Å². The van der Waals surface area contributed by atoms with Gasteiger partial charge in [-0.3, -0.25) is 0 Å². The first-order valence-corrected chi connectivity index (χ1v) is 10.6. The fraction of sp³-hybridized carbons (Fsp3) is 0.368. The second-order valence-corrected chi connectivity index (χ2v) is 8.76. The van der Waals surface area contributed by atoms with Crippen LogP contribution in [0.4, 0.5) is 0 Å². The van der Waals surface area contributed by atoms with Gasteiger partial charge < -0.3 is 9.64 Å². The maximum Gasteiger partial charge on any atom is 0.241 e. The molecule has 2 aromatic rings. The Morgan fingerprint density at radius 3 is 2.31 bits per heavy atom. The fourth-order valence-electron chi connectivity index (χ4n) is 3.05. The second kappa shape index (κ2) is 8.50. The predicted molar refractivity (Wildman–Crippen MR) is 102 cm³/mol. The number of sulfonamides is 1. The molecule has 1 aliphatic rings. The largest absolute Gasteiger partial charge is 0.370 e. The maximum atomic E-state index is 12.8. The van der Waals surface area contributed by atoms with E-state index in [1.165, 1.54) is 17.0 Å². The average Bonchev–Trinajstić information content (AvgIpc) is 2.63. The molecule has 1 saturated heterocycles. The van der Waals surface area contributed by atoms with Gasteiger partial charge in [0, 0.05) is 5.02 Å². The summed E-state index contributed by atoms with van der Waals surface area (Å²) in [6.45, 7) is 5.87. The molecule has 1 fully saturated rings. The minimum absolute atomic E-state index is 0.219. The lowest BCUT2D eigenvalue weighted by Gasteiger charge is -2.28. The van der Waals surface area contributed by atoms with Crippen LogP contribution < -0.4 is 9.62 Å². The normalized spacial score (nSPS) is 17.2. The Morgan fingerprint density at radius 2 is 1.69 bits per heavy atom. The number of quaternary nitrogens is 1. The molecule has 0 saturated carbocycles. The van der Waals surface area contributed by atoms with E-state index in [2.05, 4.69) is 4.72 Å². The lowest BCUT2D eigenvalue weighted by atomic mass is 10.1. The van der Waals surface area contributed by atoms with Gasteiger partial charge in [-0.1, -0.05) is 41.4 Å². The van der Waals surface area contributed by atoms with E-state index < -0.39 is 10.0 Å². The van der Waals surface area contributed by atoms with Gasteiger partial charge in [-0.15, -0.1) is 0 Å². The Balaban J connectivity index is 1.84. The van der Waals surface area contributed by atoms with Crippen LogP contribution in [0, 0.1) is 6.92 Å². The standard InChI is InChI=1S/C19H23ClN2O3S/c1-15-2-4-16(5-3-15)19(14-22-10-12-25-13-11-22)21-26(23,24)18-8-6-17(20)7-9-18/h2-9,19,21H,10-14H2,1H3/p+1/t19-/m1/s1. The zero-order valence-corrected chi connectivity index (χ0v) is 16.3. The van der Waals surface area contributed by atoms with Gasteiger partial charge in [0.2, 0.25) is 10.0 Å². The van der Waals surface area contributed by atoms with Crippen molar-refractivity contribution < 1.29 is 18.1 Å². The van der Waals surface area contributed by atoms with Gasteiger partial charge in [0.1, 0.15) is 13.1 Å². The van der Waals surface area contributed by atoms with Gasteiger partial charge in [-0.2, -0.15) is 4.72 Å². The van der Waals surface area contributed by atoms with Gasteiger partial charge in [-0.25, -0.2) is 8.42 Å². The molecule has 0 radical (unpaired) electrons. The highest BCUT2D eigenvalue weighted by Crippen LogP contribution is 2.19. The van der Waals surface area contributed by atoms with Crippen molar-refractivity contribution in [3.63, 3.8) is 0 Å². The number of morpholine rings is 1. The van der Waals surface area contributed by atoms with Crippen LogP contribution in [0.5, 0.6) is 0 Å². The lowest BCUT2D eigenvalue weighted by molar-refractivity contribution is -0.909. The number of ether oxygens (including phenoxy) is 1. The van der Waals surface area contributed by atoms with Crippen molar-refractivity contribution in [2.24, 2.45) is 0 Å². The van der Waals surface area contributed by atoms with E-state index in [4.69, 9.17) is 16.3 Å². The zero-order valence-electron chi connectivity index (χ0n) is 14.7. The first kappa shape index (κ1) is 19.3. The van der Waals surface area contributed by atoms with Crippen LogP contribution in [0.1, 0.15) is 17.2 Å². The minimum Gasteiger partial charge on any atom is -0.370 e. The van der Waals surface area contributed by atoms with Crippen LogP contribution in [0.3, 0.4) is 0 Å². The first-order valence-electron chi connectivity index (χ1n) is 8.70. The van der Waals surface area contributed by atoms with Crippen molar-refractivity contribution in [3.8, 4) is 0 Å². The molecule has 0 aromatic heterocycles. The van der Waals surface area contributed by atoms with E-state index in [9.17, 15) is 8.42 Å². The van der Waals surface area contributed by atoms with Crippen molar-refractivity contribution in [3.05, 3.63) is 64.7 Å². The summed E-state index contributed by atoms with van der Waals surface area (Å²) in [6, 6.07) is 13.9. The summed E-state index contributed by atoms with van der Waals surface area (Å²) in [6.07, 6.45) is 0. The molecule has 7 heteroatoms. The van der Waals surface area contributed by atoms with Crippen molar-refractivity contribution in [1.29, 1.82) is 0 Å². The smallest absolute Gasteiger partial charge is 0.241 e. The van der Waals surface area contributed by atoms with E-state index in [0.29, 0.717) is 24.8 Å². The zero-order chi connectivity index (χ0) is 18.6. The second-order valence-electron chi connectivity index (χ2n) is 6.60. The van der Waals surface area contributed by atoms with Crippen LogP contribution in [-0.4, -0.2) is 41.3 Å². The summed E-state index contributed by atoms with van der Waals surface area (Å²) in [5.74, 6) is 0. The quantitative estimate of drug-likeness (QED) is 0.780. The Hall–Kier alpha value is -1.44. The summed E-state index contributed by atoms with van der Waals surface area (Å²) >= 11 is 5.88. The number of hydrogen-bond donors (Lipinski definition) is 2. The maximum absolute atomic E-state index is 12.8. The Morgan fingerprint density at radius 1 is 1.08 bits per heavy atom. The summed E-state index contributed by atoms with van der Waals surface area (Å²) in [7, 11) is -3.64. The summed E-state index contributed by atoms with van der Waals surface area (Å²) < 4.78 is 34.0. The highest BCUT2D eigenvalue weighted by atomic mass is 35.5. The van der Waals surface area contributed by atoms with Crippen molar-refractivity contribution in [2.45, 2.75) is 17.9 Å². The molecule has 1 atom stereocenters. The van der Waals surface area contributed by atoms with Crippen molar-refractivity contribution in [1.82, 2.24) is 4.72 Å². The average molecular weight is 396 g/mol. The molecule has 3 rings (SSSR count). The van der Waals surface area contributed by atoms with Crippen molar-refractivity contribution >= 4 is 21.6 Å². The molecule has 26 heavy (non-hydrogen) atoms. The summed E-state index contributed by atoms with van der Waals surface area (Å²) in [4.78, 5) is 1.55. The Bertz CT molecular complexity index is 817. The van der Waals surface area contributed by atoms with Gasteiger partial charge in [0.05, 0.1) is 30.7 Å². The number of hydrogen-bond acceptors (Lipinski definition) is 3. The number of rotatable bonds is 6. The molecule has 5 nitrogen and oxygen atoms in total. The molecule has 0 unspecified atom stereocenters. The highest BCUT2D eigenvalue weighted by molar-refractivity contribution is 7.89. The Labute approximate surface area is 160 Å². The third-order valence-electron chi connectivity index (χ3n) is 4.59. The third-order valence-corrected chi connectivity index (χ3v) is 6.33. The Kier molecular flexibility index (Phi) is 6.32. The number of halogens is 1. The molecule has 0 aliphatic carbocycles. The minimum atomic E-state index is -3.64. The van der Waals surface area contributed by atoms with E-state index in [0.717, 1.165) is 24.2 Å². The molecular formula is C19H24ClN2O3S+. The topological polar surface area (TPSA) is 59.8 Å².